The van der Waals surface area contributed by atoms with E-state index in [1.165, 1.54) is 106 Å². The van der Waals surface area contributed by atoms with Crippen LogP contribution in [-0.4, -0.2) is 0 Å². The SMILES string of the molecule is CC.CC.Cc1c2c(c(C)c3c1SC(c1ccc(CCC(C)CCCC(C)C)s1)N3)SC(c1ccc(CCC(C)CCCC(C)C)s1)N2. The van der Waals surface area contributed by atoms with E-state index < -0.39 is 0 Å². The molecule has 0 bridgehead atoms. The van der Waals surface area contributed by atoms with Crippen LogP contribution >= 0.6 is 46.2 Å². The van der Waals surface area contributed by atoms with Gasteiger partial charge in [-0.15, -0.1) is 22.7 Å². The van der Waals surface area contributed by atoms with Crippen LogP contribution in [0.3, 0.4) is 0 Å². The Kier molecular flexibility index (Phi) is 17.8. The van der Waals surface area contributed by atoms with E-state index in [9.17, 15) is 0 Å². The maximum Gasteiger partial charge on any atom is 0.112 e. The number of anilines is 2. The fourth-order valence-electron chi connectivity index (χ4n) is 6.55. The van der Waals surface area contributed by atoms with Crippen molar-refractivity contribution in [1.82, 2.24) is 0 Å². The van der Waals surface area contributed by atoms with Crippen molar-refractivity contribution in [3.05, 3.63) is 54.9 Å². The van der Waals surface area contributed by atoms with Crippen LogP contribution in [-0.2, 0) is 12.8 Å². The highest BCUT2D eigenvalue weighted by Gasteiger charge is 2.35. The molecule has 0 spiro atoms. The number of hydrogen-bond donors (Lipinski definition) is 2. The number of nitrogens with one attached hydrogen (secondary N) is 2. The summed E-state index contributed by atoms with van der Waals surface area (Å²) in [6.07, 6.45) is 13.3. The second-order valence-corrected chi connectivity index (χ2v) is 19.1. The van der Waals surface area contributed by atoms with Gasteiger partial charge in [-0.3, -0.25) is 0 Å². The van der Waals surface area contributed by atoms with Gasteiger partial charge in [0.1, 0.15) is 10.7 Å². The Labute approximate surface area is 312 Å². The number of thiophene rings is 2. The highest BCUT2D eigenvalue weighted by atomic mass is 32.2. The van der Waals surface area contributed by atoms with E-state index in [1.807, 2.05) is 73.9 Å². The van der Waals surface area contributed by atoms with Crippen molar-refractivity contribution in [3.63, 3.8) is 0 Å². The minimum atomic E-state index is 0.320. The van der Waals surface area contributed by atoms with Crippen LogP contribution in [0.15, 0.2) is 34.1 Å². The molecule has 0 aliphatic carbocycles. The molecule has 2 aliphatic heterocycles. The zero-order valence-electron chi connectivity index (χ0n) is 32.5. The molecule has 2 aromatic heterocycles. The molecule has 0 saturated heterocycles. The van der Waals surface area contributed by atoms with E-state index in [0.29, 0.717) is 10.7 Å². The van der Waals surface area contributed by atoms with Gasteiger partial charge >= 0.3 is 0 Å². The lowest BCUT2D eigenvalue weighted by Gasteiger charge is -2.13. The van der Waals surface area contributed by atoms with Gasteiger partial charge in [0.05, 0.1) is 11.4 Å². The largest absolute Gasteiger partial charge is 0.367 e. The average Bonchev–Trinajstić information content (AvgIpc) is 3.89. The Morgan fingerprint density at radius 2 is 0.917 bits per heavy atom. The Bertz CT molecular complexity index is 1230. The van der Waals surface area contributed by atoms with E-state index in [4.69, 9.17) is 0 Å². The van der Waals surface area contributed by atoms with Gasteiger partial charge in [-0.05, 0) is 98.6 Å². The number of benzene rings is 1. The molecule has 0 fully saturated rings. The topological polar surface area (TPSA) is 24.1 Å². The molecule has 0 radical (unpaired) electrons. The van der Waals surface area contributed by atoms with Crippen LogP contribution in [0, 0.1) is 37.5 Å². The third kappa shape index (κ3) is 11.5. The van der Waals surface area contributed by atoms with Gasteiger partial charge in [0, 0.05) is 29.3 Å². The van der Waals surface area contributed by atoms with Crippen LogP contribution in [0.25, 0.3) is 0 Å². The molecular weight excluding hydrogens is 661 g/mol. The molecule has 270 valence electrons. The highest BCUT2D eigenvalue weighted by Crippen LogP contribution is 2.59. The molecule has 3 aromatic rings. The normalized spacial score (nSPS) is 17.5. The van der Waals surface area contributed by atoms with Gasteiger partial charge in [-0.25, -0.2) is 0 Å². The van der Waals surface area contributed by atoms with Crippen LogP contribution in [0.1, 0.15) is 162 Å². The predicted molar refractivity (Wildman–Crippen MR) is 224 cm³/mol. The summed E-state index contributed by atoms with van der Waals surface area (Å²) in [6, 6.07) is 9.53. The van der Waals surface area contributed by atoms with Crippen LogP contribution in [0.5, 0.6) is 0 Å². The Balaban J connectivity index is 0.00000151. The first-order valence-corrected chi connectivity index (χ1v) is 22.7. The summed E-state index contributed by atoms with van der Waals surface area (Å²) >= 11 is 8.07. The smallest absolute Gasteiger partial charge is 0.112 e. The van der Waals surface area contributed by atoms with Gasteiger partial charge in [0.15, 0.2) is 0 Å². The number of hydrogen-bond acceptors (Lipinski definition) is 6. The Morgan fingerprint density at radius 1 is 0.542 bits per heavy atom. The van der Waals surface area contributed by atoms with Crippen molar-refractivity contribution in [2.24, 2.45) is 23.7 Å². The monoisotopic (exact) mass is 728 g/mol. The summed E-state index contributed by atoms with van der Waals surface area (Å²) in [4.78, 5) is 8.89. The molecule has 2 N–H and O–H groups in total. The quantitative estimate of drug-likeness (QED) is 0.153. The second-order valence-electron chi connectivity index (χ2n) is 14.5. The molecule has 0 amide bonds. The van der Waals surface area contributed by atoms with Crippen molar-refractivity contribution in [2.45, 2.75) is 168 Å². The summed E-state index contributed by atoms with van der Waals surface area (Å²) in [7, 11) is 0. The lowest BCUT2D eigenvalue weighted by atomic mass is 9.96. The van der Waals surface area contributed by atoms with Crippen molar-refractivity contribution < 1.29 is 0 Å². The van der Waals surface area contributed by atoms with Crippen LogP contribution < -0.4 is 10.6 Å². The molecule has 4 atom stereocenters. The zero-order valence-corrected chi connectivity index (χ0v) is 35.7. The molecule has 1 aromatic carbocycles. The van der Waals surface area contributed by atoms with Crippen molar-refractivity contribution >= 4 is 57.6 Å². The first-order valence-electron chi connectivity index (χ1n) is 19.3. The number of aryl methyl sites for hydroxylation is 2. The third-order valence-corrected chi connectivity index (χ3v) is 14.9. The van der Waals surface area contributed by atoms with Crippen LogP contribution in [0.4, 0.5) is 11.4 Å². The van der Waals surface area contributed by atoms with Gasteiger partial charge < -0.3 is 10.6 Å². The van der Waals surface area contributed by atoms with Gasteiger partial charge in [0.2, 0.25) is 0 Å². The van der Waals surface area contributed by atoms with E-state index in [2.05, 4.69) is 90.3 Å². The highest BCUT2D eigenvalue weighted by molar-refractivity contribution is 8.01. The molecular formula is C42H68N2S4. The zero-order chi connectivity index (χ0) is 35.4. The summed E-state index contributed by atoms with van der Waals surface area (Å²) < 4.78 is 0. The minimum Gasteiger partial charge on any atom is -0.367 e. The summed E-state index contributed by atoms with van der Waals surface area (Å²) in [5, 5.41) is 8.54. The third-order valence-electron chi connectivity index (χ3n) is 9.51. The average molecular weight is 729 g/mol. The van der Waals surface area contributed by atoms with Gasteiger partial charge in [-0.1, -0.05) is 131 Å². The Morgan fingerprint density at radius 3 is 1.27 bits per heavy atom. The molecule has 5 rings (SSSR count). The fraction of sp³-hybridized carbons (Fsp3) is 0.667. The lowest BCUT2D eigenvalue weighted by Crippen LogP contribution is -2.01. The predicted octanol–water partition coefficient (Wildman–Crippen LogP) is 15.7. The summed E-state index contributed by atoms with van der Waals surface area (Å²) in [5.74, 6) is 3.29. The van der Waals surface area contributed by atoms with Gasteiger partial charge in [-0.2, -0.15) is 0 Å². The van der Waals surface area contributed by atoms with Crippen molar-refractivity contribution in [1.29, 1.82) is 0 Å². The summed E-state index contributed by atoms with van der Waals surface area (Å²) in [5.41, 5.74) is 5.54. The summed E-state index contributed by atoms with van der Waals surface area (Å²) in [6.45, 7) is 26.9. The lowest BCUT2D eigenvalue weighted by molar-refractivity contribution is 0.437. The Hall–Kier alpha value is -1.08. The number of rotatable bonds is 16. The molecule has 2 nitrogen and oxygen atoms in total. The van der Waals surface area contributed by atoms with E-state index in [-0.39, 0.29) is 0 Å². The van der Waals surface area contributed by atoms with Crippen LogP contribution in [0.2, 0.25) is 0 Å². The maximum absolute atomic E-state index is 3.95. The minimum absolute atomic E-state index is 0.320. The molecule has 2 aliphatic rings. The van der Waals surface area contributed by atoms with Crippen molar-refractivity contribution in [2.75, 3.05) is 10.6 Å². The molecule has 4 heterocycles. The molecule has 0 saturated carbocycles. The molecule has 4 unspecified atom stereocenters. The van der Waals surface area contributed by atoms with E-state index >= 15 is 0 Å². The molecule has 48 heavy (non-hydrogen) atoms. The standard InChI is InChI=1S/C38H56N2S4.2C2H6/c1-23(2)11-9-13-25(5)15-17-29-19-21-31(41-29)37-39-33-27(7)36-34(28(8)35(33)43-37)40-38(44-36)32-22-20-30(42-32)18-16-26(6)14-10-12-24(3)4;2*1-2/h19-26,37-40H,9-18H2,1-8H3;2*1-2H3. The fourth-order valence-corrected chi connectivity index (χ4v) is 11.5. The van der Waals surface area contributed by atoms with E-state index in [1.54, 1.807) is 9.75 Å². The number of thioether (sulfide) groups is 2. The maximum atomic E-state index is 3.95. The van der Waals surface area contributed by atoms with Gasteiger partial charge in [0.25, 0.3) is 0 Å². The first kappa shape index (κ1) is 41.3. The first-order chi connectivity index (χ1) is 23.1. The number of fused-ring (bicyclic) bond motifs is 2. The van der Waals surface area contributed by atoms with Crippen molar-refractivity contribution in [3.8, 4) is 0 Å². The molecule has 6 heteroatoms. The van der Waals surface area contributed by atoms with E-state index in [0.717, 1.165) is 23.7 Å². The second kappa shape index (κ2) is 20.7.